The zero-order valence-electron chi connectivity index (χ0n) is 21.7. The molecule has 1 amide bonds. The number of nitrogens with one attached hydrogen (secondary N) is 2. The van der Waals surface area contributed by atoms with Crippen LogP contribution in [0.1, 0.15) is 46.3 Å². The number of anilines is 2. The summed E-state index contributed by atoms with van der Waals surface area (Å²) in [6, 6.07) is 19.3. The van der Waals surface area contributed by atoms with Crippen LogP contribution >= 0.6 is 0 Å². The molecule has 0 saturated heterocycles. The lowest BCUT2D eigenvalue weighted by Gasteiger charge is -2.28. The Morgan fingerprint density at radius 2 is 1.73 bits per heavy atom. The van der Waals surface area contributed by atoms with Gasteiger partial charge in [0, 0.05) is 11.4 Å². The summed E-state index contributed by atoms with van der Waals surface area (Å²) >= 11 is 0. The highest BCUT2D eigenvalue weighted by molar-refractivity contribution is 6.06. The highest BCUT2D eigenvalue weighted by atomic mass is 16.5. The van der Waals surface area contributed by atoms with Gasteiger partial charge in [-0.3, -0.25) is 4.79 Å². The van der Waals surface area contributed by atoms with Crippen molar-refractivity contribution in [2.75, 3.05) is 10.6 Å². The van der Waals surface area contributed by atoms with Gasteiger partial charge in [0.25, 0.3) is 5.91 Å². The number of amides is 1. The highest BCUT2D eigenvalue weighted by Crippen LogP contribution is 2.35. The van der Waals surface area contributed by atoms with E-state index in [2.05, 4.69) is 59.1 Å². The van der Waals surface area contributed by atoms with Gasteiger partial charge < -0.3 is 15.4 Å². The number of hydrogen-bond acceptors (Lipinski definition) is 6. The van der Waals surface area contributed by atoms with E-state index in [-0.39, 0.29) is 5.91 Å². The molecule has 4 aromatic rings. The van der Waals surface area contributed by atoms with Gasteiger partial charge in [-0.15, -0.1) is 0 Å². The van der Waals surface area contributed by atoms with Crippen molar-refractivity contribution in [1.29, 1.82) is 0 Å². The van der Waals surface area contributed by atoms with Crippen molar-refractivity contribution in [3.05, 3.63) is 105 Å². The molecule has 188 valence electrons. The van der Waals surface area contributed by atoms with E-state index in [0.717, 1.165) is 28.1 Å². The average molecular weight is 495 g/mol. The van der Waals surface area contributed by atoms with Crippen molar-refractivity contribution in [1.82, 2.24) is 20.2 Å². The molecule has 0 aliphatic carbocycles. The maximum atomic E-state index is 13.5. The Hall–Kier alpha value is -4.46. The lowest BCUT2D eigenvalue weighted by molar-refractivity contribution is -0.113. The zero-order valence-corrected chi connectivity index (χ0v) is 21.7. The second-order valence-corrected chi connectivity index (χ2v) is 9.56. The van der Waals surface area contributed by atoms with Crippen LogP contribution in [0, 0.1) is 27.7 Å². The second-order valence-electron chi connectivity index (χ2n) is 9.56. The Morgan fingerprint density at radius 1 is 0.973 bits per heavy atom. The van der Waals surface area contributed by atoms with Crippen LogP contribution in [0.25, 0.3) is 0 Å². The van der Waals surface area contributed by atoms with Gasteiger partial charge >= 0.3 is 0 Å². The van der Waals surface area contributed by atoms with Crippen LogP contribution in [0.3, 0.4) is 0 Å². The number of carbonyl (C=O) groups excluding carboxylic acids is 1. The number of nitrogens with zero attached hydrogens (tertiary/aromatic N) is 4. The average Bonchev–Trinajstić information content (AvgIpc) is 3.33. The fraction of sp³-hybridized carbons (Fsp3) is 0.241. The van der Waals surface area contributed by atoms with E-state index < -0.39 is 6.04 Å². The minimum absolute atomic E-state index is 0.215. The smallest absolute Gasteiger partial charge is 0.255 e. The first-order valence-corrected chi connectivity index (χ1v) is 12.2. The number of tetrazole rings is 1. The Kier molecular flexibility index (Phi) is 6.48. The number of aryl methyl sites for hydroxylation is 4. The molecule has 3 aromatic carbocycles. The fourth-order valence-corrected chi connectivity index (χ4v) is 4.62. The minimum Gasteiger partial charge on any atom is -0.489 e. The summed E-state index contributed by atoms with van der Waals surface area (Å²) in [5.74, 6) is 1.02. The van der Waals surface area contributed by atoms with Gasteiger partial charge in [0.1, 0.15) is 18.4 Å². The van der Waals surface area contributed by atoms with E-state index in [0.29, 0.717) is 23.8 Å². The summed E-state index contributed by atoms with van der Waals surface area (Å²) in [6.45, 7) is 10.7. The first-order chi connectivity index (χ1) is 17.8. The summed E-state index contributed by atoms with van der Waals surface area (Å²) in [7, 11) is 0. The largest absolute Gasteiger partial charge is 0.489 e. The molecular formula is C29H30N6O2. The third-order valence-corrected chi connectivity index (χ3v) is 6.78. The minimum atomic E-state index is -0.493. The van der Waals surface area contributed by atoms with Gasteiger partial charge in [0.15, 0.2) is 0 Å². The molecule has 0 bridgehead atoms. The third-order valence-electron chi connectivity index (χ3n) is 6.78. The first kappa shape index (κ1) is 24.2. The highest BCUT2D eigenvalue weighted by Gasteiger charge is 2.34. The van der Waals surface area contributed by atoms with E-state index in [1.165, 1.54) is 16.7 Å². The molecule has 0 saturated carbocycles. The molecule has 37 heavy (non-hydrogen) atoms. The molecule has 1 unspecified atom stereocenters. The van der Waals surface area contributed by atoms with Gasteiger partial charge in [0.2, 0.25) is 5.95 Å². The van der Waals surface area contributed by atoms with Crippen molar-refractivity contribution in [2.24, 2.45) is 0 Å². The van der Waals surface area contributed by atoms with E-state index in [9.17, 15) is 4.79 Å². The number of carbonyl (C=O) groups is 1. The van der Waals surface area contributed by atoms with Crippen molar-refractivity contribution >= 4 is 17.5 Å². The van der Waals surface area contributed by atoms with Crippen molar-refractivity contribution in [2.45, 2.75) is 47.3 Å². The monoisotopic (exact) mass is 494 g/mol. The molecule has 0 fully saturated rings. The van der Waals surface area contributed by atoms with Crippen LogP contribution < -0.4 is 15.4 Å². The van der Waals surface area contributed by atoms with E-state index in [1.54, 1.807) is 4.68 Å². The van der Waals surface area contributed by atoms with Gasteiger partial charge in [-0.25, -0.2) is 0 Å². The van der Waals surface area contributed by atoms with E-state index >= 15 is 0 Å². The Bertz CT molecular complexity index is 1500. The van der Waals surface area contributed by atoms with Crippen molar-refractivity contribution in [3.8, 4) is 5.75 Å². The standard InChI is InChI=1S/C29H30N6O2/c1-17-7-6-8-24(13-17)31-28(36)26-21(5)30-29-32-33-34-35(29)27(26)22-9-11-25(12-10-22)37-16-23-15-19(3)18(2)14-20(23)4/h6-15,27H,16H2,1-5H3,(H,31,36)(H,30,32,34). The maximum absolute atomic E-state index is 13.5. The molecule has 0 radical (unpaired) electrons. The Balaban J connectivity index is 1.40. The summed E-state index contributed by atoms with van der Waals surface area (Å²) in [6.07, 6.45) is 0. The van der Waals surface area contributed by atoms with Crippen LogP contribution in [0.4, 0.5) is 11.6 Å². The molecular weight excluding hydrogens is 464 g/mol. The lowest BCUT2D eigenvalue weighted by atomic mass is 9.95. The quantitative estimate of drug-likeness (QED) is 0.372. The first-order valence-electron chi connectivity index (χ1n) is 12.2. The fourth-order valence-electron chi connectivity index (χ4n) is 4.62. The molecule has 2 N–H and O–H groups in total. The van der Waals surface area contributed by atoms with E-state index in [1.807, 2.05) is 62.4 Å². The molecule has 2 heterocycles. The maximum Gasteiger partial charge on any atom is 0.255 e. The molecule has 1 aromatic heterocycles. The van der Waals surface area contributed by atoms with Crippen LogP contribution in [-0.4, -0.2) is 26.1 Å². The number of aromatic nitrogens is 4. The van der Waals surface area contributed by atoms with Crippen LogP contribution in [0.2, 0.25) is 0 Å². The predicted octanol–water partition coefficient (Wildman–Crippen LogP) is 5.41. The summed E-state index contributed by atoms with van der Waals surface area (Å²) in [5.41, 5.74) is 8.82. The third kappa shape index (κ3) is 4.95. The Labute approximate surface area is 216 Å². The topological polar surface area (TPSA) is 94.0 Å². The molecule has 8 nitrogen and oxygen atoms in total. The summed E-state index contributed by atoms with van der Waals surface area (Å²) in [5, 5.41) is 18.2. The van der Waals surface area contributed by atoms with Crippen molar-refractivity contribution in [3.63, 3.8) is 0 Å². The molecule has 1 aliphatic heterocycles. The molecule has 5 rings (SSSR count). The Morgan fingerprint density at radius 3 is 2.49 bits per heavy atom. The summed E-state index contributed by atoms with van der Waals surface area (Å²) < 4.78 is 7.73. The lowest BCUT2D eigenvalue weighted by Crippen LogP contribution is -2.31. The molecule has 1 aliphatic rings. The zero-order chi connectivity index (χ0) is 26.1. The number of fused-ring (bicyclic) bond motifs is 1. The van der Waals surface area contributed by atoms with Crippen LogP contribution in [0.15, 0.2) is 71.9 Å². The SMILES string of the molecule is CC1=C(C(=O)Nc2cccc(C)c2)C(c2ccc(OCc3cc(C)c(C)cc3C)cc2)n2nnnc2N1. The number of hydrogen-bond donors (Lipinski definition) is 2. The predicted molar refractivity (Wildman–Crippen MR) is 144 cm³/mol. The molecule has 0 spiro atoms. The normalized spacial score (nSPS) is 14.7. The van der Waals surface area contributed by atoms with Crippen LogP contribution in [-0.2, 0) is 11.4 Å². The number of benzene rings is 3. The van der Waals surface area contributed by atoms with Gasteiger partial charge in [-0.2, -0.15) is 4.68 Å². The van der Waals surface area contributed by atoms with Gasteiger partial charge in [0.05, 0.1) is 5.57 Å². The van der Waals surface area contributed by atoms with E-state index in [4.69, 9.17) is 4.74 Å². The number of ether oxygens (including phenoxy) is 1. The van der Waals surface area contributed by atoms with Gasteiger partial charge in [-0.05, 0) is 103 Å². The summed E-state index contributed by atoms with van der Waals surface area (Å²) in [4.78, 5) is 13.5. The number of allylic oxidation sites excluding steroid dienone is 1. The van der Waals surface area contributed by atoms with Crippen molar-refractivity contribution < 1.29 is 9.53 Å². The molecule has 8 heteroatoms. The second kappa shape index (κ2) is 9.89. The molecule has 1 atom stereocenters. The van der Waals surface area contributed by atoms with Gasteiger partial charge in [-0.1, -0.05) is 41.5 Å². The number of rotatable bonds is 6. The van der Waals surface area contributed by atoms with Crippen LogP contribution in [0.5, 0.6) is 5.75 Å².